The van der Waals surface area contributed by atoms with E-state index in [1.165, 1.54) is 7.11 Å². The van der Waals surface area contributed by atoms with Crippen molar-refractivity contribution in [3.8, 4) is 0 Å². The summed E-state index contributed by atoms with van der Waals surface area (Å²) in [7, 11) is 1.42. The fourth-order valence-electron chi connectivity index (χ4n) is 1.53. The highest BCUT2D eigenvalue weighted by atomic mass is 16.5. The van der Waals surface area contributed by atoms with Crippen LogP contribution in [0.3, 0.4) is 0 Å². The molecule has 0 amide bonds. The second-order valence-electron chi connectivity index (χ2n) is 3.97. The Hall–Kier alpha value is -0.610. The standard InChI is InChI=1S/C10H19NO3/c1-10(5-7-14-8-10)11-6-3-4-9(12)13-2/h11H,3-8H2,1-2H3. The lowest BCUT2D eigenvalue weighted by atomic mass is 10.0. The number of rotatable bonds is 5. The summed E-state index contributed by atoms with van der Waals surface area (Å²) in [6, 6.07) is 0. The van der Waals surface area contributed by atoms with Gasteiger partial charge < -0.3 is 14.8 Å². The van der Waals surface area contributed by atoms with Gasteiger partial charge in [0.15, 0.2) is 0 Å². The van der Waals surface area contributed by atoms with Crippen LogP contribution >= 0.6 is 0 Å². The first-order valence-corrected chi connectivity index (χ1v) is 5.06. The van der Waals surface area contributed by atoms with E-state index in [1.54, 1.807) is 0 Å². The van der Waals surface area contributed by atoms with Crippen molar-refractivity contribution in [2.24, 2.45) is 0 Å². The molecular formula is C10H19NO3. The minimum atomic E-state index is -0.139. The van der Waals surface area contributed by atoms with Gasteiger partial charge in [-0.2, -0.15) is 0 Å². The van der Waals surface area contributed by atoms with Crippen molar-refractivity contribution in [3.05, 3.63) is 0 Å². The first-order chi connectivity index (χ1) is 6.66. The van der Waals surface area contributed by atoms with Crippen LogP contribution in [0.4, 0.5) is 0 Å². The lowest BCUT2D eigenvalue weighted by Gasteiger charge is -2.23. The fraction of sp³-hybridized carbons (Fsp3) is 0.900. The lowest BCUT2D eigenvalue weighted by Crippen LogP contribution is -2.43. The fourth-order valence-corrected chi connectivity index (χ4v) is 1.53. The van der Waals surface area contributed by atoms with Crippen LogP contribution in [-0.2, 0) is 14.3 Å². The number of carbonyl (C=O) groups is 1. The average Bonchev–Trinajstić information content (AvgIpc) is 2.60. The zero-order valence-electron chi connectivity index (χ0n) is 8.97. The molecule has 0 aliphatic carbocycles. The van der Waals surface area contributed by atoms with E-state index < -0.39 is 0 Å². The van der Waals surface area contributed by atoms with Gasteiger partial charge in [0.1, 0.15) is 0 Å². The van der Waals surface area contributed by atoms with E-state index >= 15 is 0 Å². The van der Waals surface area contributed by atoms with E-state index in [1.807, 2.05) is 0 Å². The molecule has 4 heteroatoms. The maximum Gasteiger partial charge on any atom is 0.305 e. The van der Waals surface area contributed by atoms with Crippen LogP contribution in [0.25, 0.3) is 0 Å². The van der Waals surface area contributed by atoms with Crippen molar-refractivity contribution in [2.75, 3.05) is 26.9 Å². The molecule has 1 aliphatic rings. The second-order valence-corrected chi connectivity index (χ2v) is 3.97. The van der Waals surface area contributed by atoms with E-state index in [4.69, 9.17) is 4.74 Å². The van der Waals surface area contributed by atoms with Gasteiger partial charge in [0.05, 0.1) is 13.7 Å². The topological polar surface area (TPSA) is 47.6 Å². The Labute approximate surface area is 85.0 Å². The largest absolute Gasteiger partial charge is 0.469 e. The van der Waals surface area contributed by atoms with Crippen LogP contribution in [0.1, 0.15) is 26.2 Å². The predicted molar refractivity (Wildman–Crippen MR) is 53.1 cm³/mol. The molecule has 1 rings (SSSR count). The summed E-state index contributed by atoms with van der Waals surface area (Å²) in [4.78, 5) is 10.8. The van der Waals surface area contributed by atoms with Crippen LogP contribution in [-0.4, -0.2) is 38.4 Å². The normalized spacial score (nSPS) is 26.4. The van der Waals surface area contributed by atoms with Crippen molar-refractivity contribution in [2.45, 2.75) is 31.7 Å². The Morgan fingerprint density at radius 2 is 2.43 bits per heavy atom. The number of hydrogen-bond acceptors (Lipinski definition) is 4. The second kappa shape index (κ2) is 5.32. The minimum absolute atomic E-state index is 0.107. The van der Waals surface area contributed by atoms with Crippen molar-refractivity contribution in [1.29, 1.82) is 0 Å². The monoisotopic (exact) mass is 201 g/mol. The van der Waals surface area contributed by atoms with Crippen molar-refractivity contribution in [1.82, 2.24) is 5.32 Å². The molecule has 0 radical (unpaired) electrons. The van der Waals surface area contributed by atoms with Gasteiger partial charge in [-0.05, 0) is 26.3 Å². The Balaban J connectivity index is 2.06. The summed E-state index contributed by atoms with van der Waals surface area (Å²) in [5.41, 5.74) is 0.107. The quantitative estimate of drug-likeness (QED) is 0.525. The van der Waals surface area contributed by atoms with Gasteiger partial charge >= 0.3 is 5.97 Å². The van der Waals surface area contributed by atoms with Crippen molar-refractivity contribution in [3.63, 3.8) is 0 Å². The molecule has 1 fully saturated rings. The molecule has 0 aromatic carbocycles. The summed E-state index contributed by atoms with van der Waals surface area (Å²) in [5, 5.41) is 3.40. The van der Waals surface area contributed by atoms with Gasteiger partial charge in [0.25, 0.3) is 0 Å². The lowest BCUT2D eigenvalue weighted by molar-refractivity contribution is -0.140. The van der Waals surface area contributed by atoms with E-state index in [0.29, 0.717) is 6.42 Å². The van der Waals surface area contributed by atoms with Crippen LogP contribution in [0.5, 0.6) is 0 Å². The molecule has 14 heavy (non-hydrogen) atoms. The van der Waals surface area contributed by atoms with E-state index in [9.17, 15) is 4.79 Å². The summed E-state index contributed by atoms with van der Waals surface area (Å²) in [6.45, 7) is 4.60. The molecule has 1 atom stereocenters. The van der Waals surface area contributed by atoms with Crippen LogP contribution in [0.15, 0.2) is 0 Å². The third-order valence-electron chi connectivity index (χ3n) is 2.56. The molecule has 4 nitrogen and oxygen atoms in total. The maximum absolute atomic E-state index is 10.8. The molecule has 1 aliphatic heterocycles. The zero-order chi connectivity index (χ0) is 10.4. The van der Waals surface area contributed by atoms with Crippen LogP contribution < -0.4 is 5.32 Å². The minimum Gasteiger partial charge on any atom is -0.469 e. The Morgan fingerprint density at radius 1 is 1.64 bits per heavy atom. The first kappa shape index (κ1) is 11.5. The molecule has 0 spiro atoms. The molecule has 82 valence electrons. The summed E-state index contributed by atoms with van der Waals surface area (Å²) < 4.78 is 9.86. The number of carbonyl (C=O) groups excluding carboxylic acids is 1. The summed E-state index contributed by atoms with van der Waals surface area (Å²) in [5.74, 6) is -0.139. The molecular weight excluding hydrogens is 182 g/mol. The summed E-state index contributed by atoms with van der Waals surface area (Å²) in [6.07, 6.45) is 2.36. The van der Waals surface area contributed by atoms with Crippen LogP contribution in [0, 0.1) is 0 Å². The SMILES string of the molecule is COC(=O)CCCNC1(C)CCOC1. The van der Waals surface area contributed by atoms with E-state index in [-0.39, 0.29) is 11.5 Å². The molecule has 0 aromatic rings. The van der Waals surface area contributed by atoms with Gasteiger partial charge in [-0.3, -0.25) is 4.79 Å². The van der Waals surface area contributed by atoms with E-state index in [0.717, 1.165) is 32.6 Å². The number of ether oxygens (including phenoxy) is 2. The number of esters is 1. The highest BCUT2D eigenvalue weighted by Gasteiger charge is 2.28. The van der Waals surface area contributed by atoms with Gasteiger partial charge in [-0.25, -0.2) is 0 Å². The number of hydrogen-bond donors (Lipinski definition) is 1. The maximum atomic E-state index is 10.8. The molecule has 0 aromatic heterocycles. The van der Waals surface area contributed by atoms with Crippen molar-refractivity contribution < 1.29 is 14.3 Å². The van der Waals surface area contributed by atoms with Gasteiger partial charge in [0, 0.05) is 18.6 Å². The molecule has 0 saturated carbocycles. The third-order valence-corrected chi connectivity index (χ3v) is 2.56. The van der Waals surface area contributed by atoms with Gasteiger partial charge in [-0.15, -0.1) is 0 Å². The molecule has 1 saturated heterocycles. The van der Waals surface area contributed by atoms with Gasteiger partial charge in [0.2, 0.25) is 0 Å². The first-order valence-electron chi connectivity index (χ1n) is 5.06. The molecule has 0 bridgehead atoms. The smallest absolute Gasteiger partial charge is 0.305 e. The molecule has 1 unspecified atom stereocenters. The highest BCUT2D eigenvalue weighted by Crippen LogP contribution is 2.17. The number of nitrogens with one attached hydrogen (secondary N) is 1. The third kappa shape index (κ3) is 3.64. The zero-order valence-corrected chi connectivity index (χ0v) is 8.97. The average molecular weight is 201 g/mol. The van der Waals surface area contributed by atoms with Gasteiger partial charge in [-0.1, -0.05) is 0 Å². The summed E-state index contributed by atoms with van der Waals surface area (Å²) >= 11 is 0. The Morgan fingerprint density at radius 3 is 3.00 bits per heavy atom. The van der Waals surface area contributed by atoms with Crippen molar-refractivity contribution >= 4 is 5.97 Å². The van der Waals surface area contributed by atoms with E-state index in [2.05, 4.69) is 17.0 Å². The molecule has 1 heterocycles. The predicted octanol–water partition coefficient (Wildman–Crippen LogP) is 0.708. The Bertz CT molecular complexity index is 188. The van der Waals surface area contributed by atoms with Crippen LogP contribution in [0.2, 0.25) is 0 Å². The molecule has 1 N–H and O–H groups in total. The Kier molecular flexibility index (Phi) is 4.35. The number of methoxy groups -OCH3 is 1. The highest BCUT2D eigenvalue weighted by molar-refractivity contribution is 5.69.